The summed E-state index contributed by atoms with van der Waals surface area (Å²) in [7, 11) is 0. The fraction of sp³-hybridized carbons (Fsp3) is 0.0741. The number of hydrogen-bond donors (Lipinski definition) is 0. The van der Waals surface area contributed by atoms with Gasteiger partial charge in [0.15, 0.2) is 0 Å². The van der Waals surface area contributed by atoms with Gasteiger partial charge in [-0.1, -0.05) is 91.0 Å². The van der Waals surface area contributed by atoms with E-state index in [4.69, 9.17) is 4.99 Å². The zero-order chi connectivity index (χ0) is 20.3. The van der Waals surface area contributed by atoms with E-state index in [9.17, 15) is 4.39 Å². The van der Waals surface area contributed by atoms with Crippen LogP contribution < -0.4 is 4.90 Å². The Bertz CT molecular complexity index is 1160. The van der Waals surface area contributed by atoms with Crippen LogP contribution in [0.25, 0.3) is 0 Å². The zero-order valence-corrected chi connectivity index (χ0v) is 16.4. The van der Waals surface area contributed by atoms with E-state index in [1.165, 1.54) is 6.07 Å². The molecule has 2 nitrogen and oxygen atoms in total. The average molecular weight is 392 g/mol. The first-order valence-electron chi connectivity index (χ1n) is 10.1. The highest BCUT2D eigenvalue weighted by Crippen LogP contribution is 2.45. The van der Waals surface area contributed by atoms with E-state index in [0.717, 1.165) is 16.8 Å². The van der Waals surface area contributed by atoms with Crippen LogP contribution in [-0.2, 0) is 0 Å². The van der Waals surface area contributed by atoms with Gasteiger partial charge in [-0.2, -0.15) is 0 Å². The fourth-order valence-corrected chi connectivity index (χ4v) is 4.14. The average Bonchev–Trinajstić information content (AvgIpc) is 3.21. The Morgan fingerprint density at radius 1 is 0.600 bits per heavy atom. The van der Waals surface area contributed by atoms with E-state index in [-0.39, 0.29) is 17.9 Å². The first-order valence-corrected chi connectivity index (χ1v) is 10.1. The van der Waals surface area contributed by atoms with Crippen LogP contribution in [0.5, 0.6) is 0 Å². The van der Waals surface area contributed by atoms with Gasteiger partial charge in [0.25, 0.3) is 0 Å². The Kier molecular flexibility index (Phi) is 4.86. The van der Waals surface area contributed by atoms with Crippen molar-refractivity contribution in [1.82, 2.24) is 0 Å². The first kappa shape index (κ1) is 18.3. The summed E-state index contributed by atoms with van der Waals surface area (Å²) < 4.78 is 14.9. The third-order valence-electron chi connectivity index (χ3n) is 5.50. The normalized spacial score (nSPS) is 18.3. The van der Waals surface area contributed by atoms with Crippen LogP contribution in [0.1, 0.15) is 28.8 Å². The van der Waals surface area contributed by atoms with Crippen LogP contribution in [0.2, 0.25) is 0 Å². The number of hydrogen-bond acceptors (Lipinski definition) is 2. The summed E-state index contributed by atoms with van der Waals surface area (Å²) in [5, 5.41) is 0. The van der Waals surface area contributed by atoms with E-state index >= 15 is 0 Å². The standard InChI is InChI=1S/C27H21FN2/c28-24-19-11-10-18-23(24)27-29-25(20-12-4-1-5-13-20)26(21-14-6-2-7-15-21)30(27)22-16-8-3-9-17-22/h1-19,25-26H/t25-,26-/m1/s1. The van der Waals surface area contributed by atoms with E-state index in [2.05, 4.69) is 41.3 Å². The number of rotatable bonds is 4. The monoisotopic (exact) mass is 392 g/mol. The van der Waals surface area contributed by atoms with Crippen molar-refractivity contribution in [3.63, 3.8) is 0 Å². The summed E-state index contributed by atoms with van der Waals surface area (Å²) >= 11 is 0. The number of anilines is 1. The second-order valence-corrected chi connectivity index (χ2v) is 7.35. The Hall–Kier alpha value is -3.72. The summed E-state index contributed by atoms with van der Waals surface area (Å²) in [6, 6.07) is 37.4. The minimum absolute atomic E-state index is 0.0781. The predicted octanol–water partition coefficient (Wildman–Crippen LogP) is 6.58. The van der Waals surface area contributed by atoms with Crippen molar-refractivity contribution < 1.29 is 4.39 Å². The van der Waals surface area contributed by atoms with Crippen molar-refractivity contribution in [3.05, 3.63) is 138 Å². The molecule has 0 saturated heterocycles. The molecule has 0 aliphatic carbocycles. The molecule has 0 amide bonds. The highest BCUT2D eigenvalue weighted by atomic mass is 19.1. The van der Waals surface area contributed by atoms with Crippen molar-refractivity contribution in [3.8, 4) is 0 Å². The summed E-state index contributed by atoms with van der Waals surface area (Å²) in [4.78, 5) is 7.28. The lowest BCUT2D eigenvalue weighted by molar-refractivity contribution is 0.611. The molecule has 0 unspecified atom stereocenters. The van der Waals surface area contributed by atoms with E-state index in [0.29, 0.717) is 11.4 Å². The van der Waals surface area contributed by atoms with E-state index in [1.807, 2.05) is 60.7 Å². The summed E-state index contributed by atoms with van der Waals surface area (Å²) in [5.74, 6) is 0.389. The van der Waals surface area contributed by atoms with Crippen molar-refractivity contribution >= 4 is 11.5 Å². The summed E-state index contributed by atoms with van der Waals surface area (Å²) in [6.45, 7) is 0. The first-order chi connectivity index (χ1) is 14.8. The maximum absolute atomic E-state index is 14.9. The van der Waals surface area contributed by atoms with Gasteiger partial charge in [0.1, 0.15) is 17.7 Å². The molecule has 1 aliphatic heterocycles. The van der Waals surface area contributed by atoms with Crippen LogP contribution in [0.15, 0.2) is 120 Å². The second kappa shape index (κ2) is 7.96. The van der Waals surface area contributed by atoms with Gasteiger partial charge in [0.2, 0.25) is 0 Å². The van der Waals surface area contributed by atoms with Crippen LogP contribution in [0, 0.1) is 5.82 Å². The maximum Gasteiger partial charge on any atom is 0.139 e. The van der Waals surface area contributed by atoms with Crippen molar-refractivity contribution in [1.29, 1.82) is 0 Å². The number of halogens is 1. The Morgan fingerprint density at radius 2 is 1.13 bits per heavy atom. The molecule has 4 aromatic rings. The molecule has 0 aromatic heterocycles. The summed E-state index contributed by atoms with van der Waals surface area (Å²) in [5.41, 5.74) is 3.76. The van der Waals surface area contributed by atoms with Crippen molar-refractivity contribution in [2.45, 2.75) is 12.1 Å². The summed E-state index contributed by atoms with van der Waals surface area (Å²) in [6.07, 6.45) is 0. The van der Waals surface area contributed by atoms with Crippen LogP contribution in [0.4, 0.5) is 10.1 Å². The van der Waals surface area contributed by atoms with Crippen molar-refractivity contribution in [2.75, 3.05) is 4.90 Å². The fourth-order valence-electron chi connectivity index (χ4n) is 4.14. The SMILES string of the molecule is Fc1ccccc1C1=N[C@H](c2ccccc2)[C@@H](c2ccccc2)N1c1ccccc1. The van der Waals surface area contributed by atoms with Gasteiger partial charge in [0, 0.05) is 5.69 Å². The lowest BCUT2D eigenvalue weighted by Gasteiger charge is -2.31. The lowest BCUT2D eigenvalue weighted by Crippen LogP contribution is -2.32. The molecule has 30 heavy (non-hydrogen) atoms. The molecule has 0 saturated carbocycles. The Balaban J connectivity index is 1.74. The molecule has 4 aromatic carbocycles. The topological polar surface area (TPSA) is 15.6 Å². The second-order valence-electron chi connectivity index (χ2n) is 7.35. The lowest BCUT2D eigenvalue weighted by atomic mass is 9.93. The smallest absolute Gasteiger partial charge is 0.139 e. The molecule has 0 fully saturated rings. The van der Waals surface area contributed by atoms with Gasteiger partial charge in [-0.25, -0.2) is 4.39 Å². The predicted molar refractivity (Wildman–Crippen MR) is 120 cm³/mol. The molecule has 1 aliphatic rings. The molecule has 0 spiro atoms. The van der Waals surface area contributed by atoms with Gasteiger partial charge in [-0.15, -0.1) is 0 Å². The van der Waals surface area contributed by atoms with E-state index in [1.54, 1.807) is 12.1 Å². The quantitative estimate of drug-likeness (QED) is 0.383. The molecular formula is C27H21FN2. The van der Waals surface area contributed by atoms with Crippen molar-refractivity contribution in [2.24, 2.45) is 4.99 Å². The van der Waals surface area contributed by atoms with Gasteiger partial charge in [-0.3, -0.25) is 4.99 Å². The van der Waals surface area contributed by atoms with Gasteiger partial charge in [-0.05, 0) is 35.4 Å². The highest BCUT2D eigenvalue weighted by Gasteiger charge is 2.40. The number of para-hydroxylation sites is 1. The van der Waals surface area contributed by atoms with Crippen LogP contribution in [0.3, 0.4) is 0 Å². The molecule has 3 heteroatoms. The minimum Gasteiger partial charge on any atom is -0.316 e. The largest absolute Gasteiger partial charge is 0.316 e. The number of benzene rings is 4. The molecule has 2 atom stereocenters. The third-order valence-corrected chi connectivity index (χ3v) is 5.50. The minimum atomic E-state index is -0.266. The number of amidine groups is 1. The van der Waals surface area contributed by atoms with Gasteiger partial charge in [0.05, 0.1) is 11.6 Å². The van der Waals surface area contributed by atoms with Crippen LogP contribution >= 0.6 is 0 Å². The zero-order valence-electron chi connectivity index (χ0n) is 16.4. The van der Waals surface area contributed by atoms with Gasteiger partial charge >= 0.3 is 0 Å². The number of aliphatic imine (C=N–C) groups is 1. The molecule has 5 rings (SSSR count). The Labute approximate surface area is 176 Å². The molecule has 146 valence electrons. The highest BCUT2D eigenvalue weighted by molar-refractivity contribution is 6.12. The molecule has 1 heterocycles. The molecule has 0 bridgehead atoms. The molecule has 0 radical (unpaired) electrons. The molecular weight excluding hydrogens is 371 g/mol. The van der Waals surface area contributed by atoms with Crippen LogP contribution in [-0.4, -0.2) is 5.84 Å². The van der Waals surface area contributed by atoms with E-state index < -0.39 is 0 Å². The Morgan fingerprint density at radius 3 is 1.77 bits per heavy atom. The number of nitrogens with zero attached hydrogens (tertiary/aromatic N) is 2. The molecule has 0 N–H and O–H groups in total. The maximum atomic E-state index is 14.9. The van der Waals surface area contributed by atoms with Gasteiger partial charge < -0.3 is 4.90 Å². The third kappa shape index (κ3) is 3.29.